The van der Waals surface area contributed by atoms with Crippen LogP contribution in [-0.2, 0) is 32.9 Å². The number of pyridine rings is 1. The second-order valence-corrected chi connectivity index (χ2v) is 9.98. The van der Waals surface area contributed by atoms with Crippen molar-refractivity contribution in [3.05, 3.63) is 58.3 Å². The summed E-state index contributed by atoms with van der Waals surface area (Å²) in [6.07, 6.45) is 1.04. The number of sulfonamides is 1. The average molecular weight is 505 g/mol. The maximum Gasteiger partial charge on any atom is 0.337 e. The molecule has 9 nitrogen and oxygen atoms in total. The number of aromatic carboxylic acids is 1. The van der Waals surface area contributed by atoms with Crippen molar-refractivity contribution in [3.63, 3.8) is 0 Å². The van der Waals surface area contributed by atoms with Gasteiger partial charge < -0.3 is 10.0 Å². The number of carboxylic acids is 1. The summed E-state index contributed by atoms with van der Waals surface area (Å²) < 4.78 is 27.0. The van der Waals surface area contributed by atoms with E-state index in [2.05, 4.69) is 15.8 Å². The summed E-state index contributed by atoms with van der Waals surface area (Å²) in [6.45, 7) is 2.47. The molecule has 2 N–H and O–H groups in total. The third-order valence-electron chi connectivity index (χ3n) is 5.78. The lowest BCUT2D eigenvalue weighted by molar-refractivity contribution is -0.123. The predicted molar refractivity (Wildman–Crippen MR) is 127 cm³/mol. The Morgan fingerprint density at radius 2 is 1.91 bits per heavy atom. The number of alkyl halides is 1. The molecule has 0 atom stereocenters. The number of carboxylic acid groups (broad SMARTS) is 1. The molecule has 1 aliphatic heterocycles. The van der Waals surface area contributed by atoms with Gasteiger partial charge in [-0.25, -0.2) is 18.2 Å². The Kier molecular flexibility index (Phi) is 8.12. The highest BCUT2D eigenvalue weighted by Crippen LogP contribution is 2.31. The average Bonchev–Trinajstić information content (AvgIpc) is 2.82. The zero-order chi connectivity index (χ0) is 24.9. The molecule has 2 aromatic rings. The fourth-order valence-electron chi connectivity index (χ4n) is 4.14. The molecule has 11 heteroatoms. The molecule has 1 amide bonds. The van der Waals surface area contributed by atoms with Crippen LogP contribution in [0.1, 0.15) is 52.5 Å². The maximum absolute atomic E-state index is 12.6. The Bertz CT molecular complexity index is 1220. The molecule has 1 aromatic heterocycles. The van der Waals surface area contributed by atoms with E-state index in [1.165, 1.54) is 0 Å². The minimum Gasteiger partial charge on any atom is -0.478 e. The van der Waals surface area contributed by atoms with Gasteiger partial charge >= 0.3 is 5.97 Å². The number of carbonyl (C=O) groups excluding carboxylic acids is 1. The molecular weight excluding hydrogens is 480 g/mol. The summed E-state index contributed by atoms with van der Waals surface area (Å²) in [5.74, 6) is -2.31. The lowest BCUT2D eigenvalue weighted by atomic mass is 9.94. The van der Waals surface area contributed by atoms with Crippen molar-refractivity contribution in [1.29, 1.82) is 5.26 Å². The molecule has 2 heterocycles. The zero-order valence-electron chi connectivity index (χ0n) is 18.6. The van der Waals surface area contributed by atoms with Gasteiger partial charge in [0, 0.05) is 19.0 Å². The second kappa shape index (κ2) is 10.8. The number of rotatable bonds is 8. The van der Waals surface area contributed by atoms with E-state index in [1.807, 2.05) is 4.90 Å². The number of nitrogens with one attached hydrogen (secondary N) is 1. The molecule has 34 heavy (non-hydrogen) atoms. The minimum atomic E-state index is -3.83. The Morgan fingerprint density at radius 1 is 1.26 bits per heavy atom. The Morgan fingerprint density at radius 3 is 2.44 bits per heavy atom. The van der Waals surface area contributed by atoms with Crippen molar-refractivity contribution in [2.75, 3.05) is 18.0 Å². The number of nitriles is 1. The van der Waals surface area contributed by atoms with Crippen LogP contribution in [0.3, 0.4) is 0 Å². The number of halogens is 1. The standard InChI is InChI=1S/C23H25ClN4O5S/c1-2-17-18(13-25)21(26-19(12-24)20(17)23(30)31)28-10-8-16(9-11-28)22(29)27-34(32,33)14-15-6-4-3-5-7-15/h3-7,16H,2,8-12,14H2,1H3,(H,27,29)(H,30,31). The Balaban J connectivity index is 1.74. The van der Waals surface area contributed by atoms with Gasteiger partial charge in [0.1, 0.15) is 11.9 Å². The van der Waals surface area contributed by atoms with Gasteiger partial charge in [0.2, 0.25) is 15.9 Å². The van der Waals surface area contributed by atoms with E-state index in [1.54, 1.807) is 37.3 Å². The number of carbonyl (C=O) groups is 2. The van der Waals surface area contributed by atoms with E-state index in [4.69, 9.17) is 11.6 Å². The van der Waals surface area contributed by atoms with Gasteiger partial charge in [-0.2, -0.15) is 5.26 Å². The number of piperidine rings is 1. The molecular formula is C23H25ClN4O5S. The number of anilines is 1. The Hall–Kier alpha value is -3.16. The van der Waals surface area contributed by atoms with Gasteiger partial charge in [-0.05, 0) is 30.4 Å². The Labute approximate surface area is 203 Å². The smallest absolute Gasteiger partial charge is 0.337 e. The lowest BCUT2D eigenvalue weighted by Crippen LogP contribution is -2.43. The normalized spacial score (nSPS) is 14.4. The van der Waals surface area contributed by atoms with Crippen LogP contribution in [0.15, 0.2) is 30.3 Å². The zero-order valence-corrected chi connectivity index (χ0v) is 20.2. The second-order valence-electron chi connectivity index (χ2n) is 7.99. The lowest BCUT2D eigenvalue weighted by Gasteiger charge is -2.33. The topological polar surface area (TPSA) is 140 Å². The largest absolute Gasteiger partial charge is 0.478 e. The maximum atomic E-state index is 12.6. The molecule has 1 aromatic carbocycles. The fraction of sp³-hybridized carbons (Fsp3) is 0.391. The molecule has 0 spiro atoms. The minimum absolute atomic E-state index is 0.0457. The summed E-state index contributed by atoms with van der Waals surface area (Å²) >= 11 is 5.96. The molecule has 0 aliphatic carbocycles. The van der Waals surface area contributed by atoms with E-state index in [0.29, 0.717) is 49.3 Å². The van der Waals surface area contributed by atoms with Crippen LogP contribution < -0.4 is 9.62 Å². The van der Waals surface area contributed by atoms with Crippen molar-refractivity contribution >= 4 is 39.3 Å². The first-order chi connectivity index (χ1) is 16.2. The van der Waals surface area contributed by atoms with Crippen molar-refractivity contribution in [3.8, 4) is 6.07 Å². The fourth-order valence-corrected chi connectivity index (χ4v) is 5.51. The number of nitrogens with zero attached hydrogens (tertiary/aromatic N) is 3. The van der Waals surface area contributed by atoms with E-state index >= 15 is 0 Å². The van der Waals surface area contributed by atoms with E-state index in [0.717, 1.165) is 0 Å². The van der Waals surface area contributed by atoms with Gasteiger partial charge in [-0.15, -0.1) is 11.6 Å². The van der Waals surface area contributed by atoms with Crippen molar-refractivity contribution < 1.29 is 23.1 Å². The molecule has 1 aliphatic rings. The highest BCUT2D eigenvalue weighted by molar-refractivity contribution is 7.89. The first kappa shape index (κ1) is 25.5. The summed E-state index contributed by atoms with van der Waals surface area (Å²) in [6, 6.07) is 10.7. The van der Waals surface area contributed by atoms with Crippen LogP contribution in [0.4, 0.5) is 5.82 Å². The molecule has 3 rings (SSSR count). The van der Waals surface area contributed by atoms with Gasteiger partial charge in [-0.3, -0.25) is 9.52 Å². The van der Waals surface area contributed by atoms with E-state index in [-0.39, 0.29) is 28.5 Å². The van der Waals surface area contributed by atoms with Gasteiger partial charge in [-0.1, -0.05) is 37.3 Å². The highest BCUT2D eigenvalue weighted by atomic mass is 35.5. The SMILES string of the molecule is CCc1c(C#N)c(N2CCC(C(=O)NS(=O)(=O)Cc3ccccc3)CC2)nc(CCl)c1C(=O)O. The first-order valence-corrected chi connectivity index (χ1v) is 13.0. The van der Waals surface area contributed by atoms with Crippen LogP contribution in [0.5, 0.6) is 0 Å². The third kappa shape index (κ3) is 5.66. The predicted octanol–water partition coefficient (Wildman–Crippen LogP) is 2.82. The number of hydrogen-bond donors (Lipinski definition) is 2. The summed E-state index contributed by atoms with van der Waals surface area (Å²) in [4.78, 5) is 30.6. The van der Waals surface area contributed by atoms with Gasteiger partial charge in [0.15, 0.2) is 0 Å². The van der Waals surface area contributed by atoms with Crippen molar-refractivity contribution in [2.24, 2.45) is 5.92 Å². The van der Waals surface area contributed by atoms with Crippen LogP contribution in [0, 0.1) is 17.2 Å². The molecule has 0 radical (unpaired) electrons. The van der Waals surface area contributed by atoms with Crippen LogP contribution >= 0.6 is 11.6 Å². The van der Waals surface area contributed by atoms with E-state index < -0.39 is 27.8 Å². The van der Waals surface area contributed by atoms with Crippen LogP contribution in [0.25, 0.3) is 0 Å². The van der Waals surface area contributed by atoms with Gasteiger partial charge in [0.25, 0.3) is 0 Å². The van der Waals surface area contributed by atoms with Gasteiger partial charge in [0.05, 0.1) is 28.5 Å². The van der Waals surface area contributed by atoms with Crippen LogP contribution in [0.2, 0.25) is 0 Å². The molecule has 180 valence electrons. The van der Waals surface area contributed by atoms with Crippen LogP contribution in [-0.4, -0.2) is 43.5 Å². The van der Waals surface area contributed by atoms with E-state index in [9.17, 15) is 28.4 Å². The van der Waals surface area contributed by atoms with Crippen molar-refractivity contribution in [2.45, 2.75) is 37.8 Å². The molecule has 0 saturated carbocycles. The molecule has 0 bridgehead atoms. The first-order valence-electron chi connectivity index (χ1n) is 10.8. The summed E-state index contributed by atoms with van der Waals surface area (Å²) in [5, 5.41) is 19.3. The third-order valence-corrected chi connectivity index (χ3v) is 7.26. The number of hydrogen-bond acceptors (Lipinski definition) is 7. The van der Waals surface area contributed by atoms with Crippen molar-refractivity contribution in [1.82, 2.24) is 9.71 Å². The molecule has 0 unspecified atom stereocenters. The quantitative estimate of drug-likeness (QED) is 0.523. The number of benzene rings is 1. The molecule has 1 fully saturated rings. The number of amides is 1. The highest BCUT2D eigenvalue weighted by Gasteiger charge is 2.31. The molecule has 1 saturated heterocycles. The number of aromatic nitrogens is 1. The monoisotopic (exact) mass is 504 g/mol. The summed E-state index contributed by atoms with van der Waals surface area (Å²) in [5.41, 5.74) is 1.28. The summed E-state index contributed by atoms with van der Waals surface area (Å²) in [7, 11) is -3.83.